The second-order valence-electron chi connectivity index (χ2n) is 5.33. The lowest BCUT2D eigenvalue weighted by Gasteiger charge is -2.29. The lowest BCUT2D eigenvalue weighted by atomic mass is 9.98. The number of aliphatic imine (C=N–C) groups is 1. The van der Waals surface area contributed by atoms with E-state index in [1.807, 2.05) is 6.92 Å². The molecule has 1 aliphatic heterocycles. The highest BCUT2D eigenvalue weighted by molar-refractivity contribution is 14.0. The molecule has 1 atom stereocenters. The third-order valence-electron chi connectivity index (χ3n) is 3.37. The van der Waals surface area contributed by atoms with Crippen molar-refractivity contribution in [2.75, 3.05) is 39.6 Å². The Morgan fingerprint density at radius 1 is 1.48 bits per heavy atom. The van der Waals surface area contributed by atoms with Gasteiger partial charge in [0.25, 0.3) is 0 Å². The van der Waals surface area contributed by atoms with Crippen molar-refractivity contribution in [2.24, 2.45) is 16.6 Å². The molecule has 3 N–H and O–H groups in total. The molecule has 7 nitrogen and oxygen atoms in total. The maximum Gasteiger partial charge on any atom is 0.211 e. The Morgan fingerprint density at radius 3 is 2.52 bits per heavy atom. The van der Waals surface area contributed by atoms with Gasteiger partial charge in [-0.3, -0.25) is 4.99 Å². The molecule has 1 aliphatic rings. The molecule has 0 saturated carbocycles. The number of nitrogens with two attached hydrogens (primary N) is 1. The highest BCUT2D eigenvalue weighted by atomic mass is 127. The summed E-state index contributed by atoms with van der Waals surface area (Å²) in [6, 6.07) is 0.121. The molecular weight excluding hydrogens is 407 g/mol. The predicted molar refractivity (Wildman–Crippen MR) is 95.5 cm³/mol. The SMILES string of the molecule is COCC(C)NC(N)=NCC1CCN(S(C)(=O)=O)CC1.I. The molecule has 0 aromatic carbocycles. The monoisotopic (exact) mass is 434 g/mol. The maximum absolute atomic E-state index is 11.4. The first-order valence-electron chi connectivity index (χ1n) is 6.83. The van der Waals surface area contributed by atoms with Crippen LogP contribution in [-0.4, -0.2) is 64.3 Å². The molecule has 1 rings (SSSR count). The van der Waals surface area contributed by atoms with Gasteiger partial charge in [0, 0.05) is 32.8 Å². The van der Waals surface area contributed by atoms with Gasteiger partial charge in [-0.15, -0.1) is 24.0 Å². The molecule has 9 heteroatoms. The number of piperidine rings is 1. The van der Waals surface area contributed by atoms with Crippen molar-refractivity contribution in [1.29, 1.82) is 0 Å². The zero-order chi connectivity index (χ0) is 15.2. The van der Waals surface area contributed by atoms with Crippen LogP contribution in [0.15, 0.2) is 4.99 Å². The molecule has 0 bridgehead atoms. The Balaban J connectivity index is 0.00000400. The van der Waals surface area contributed by atoms with Gasteiger partial charge in [-0.1, -0.05) is 0 Å². The van der Waals surface area contributed by atoms with Crippen molar-refractivity contribution < 1.29 is 13.2 Å². The third kappa shape index (κ3) is 8.17. The van der Waals surface area contributed by atoms with Gasteiger partial charge in [0.1, 0.15) is 0 Å². The molecule has 1 fully saturated rings. The van der Waals surface area contributed by atoms with Crippen molar-refractivity contribution >= 4 is 40.0 Å². The molecule has 1 saturated heterocycles. The van der Waals surface area contributed by atoms with E-state index < -0.39 is 10.0 Å². The van der Waals surface area contributed by atoms with Crippen LogP contribution >= 0.6 is 24.0 Å². The second kappa shape index (κ2) is 9.80. The van der Waals surface area contributed by atoms with E-state index in [9.17, 15) is 8.42 Å². The Labute approximate surface area is 144 Å². The van der Waals surface area contributed by atoms with Gasteiger partial charge in [-0.2, -0.15) is 0 Å². The summed E-state index contributed by atoms with van der Waals surface area (Å²) in [6.45, 7) is 4.33. The molecule has 0 aromatic heterocycles. The summed E-state index contributed by atoms with van der Waals surface area (Å²) in [7, 11) is -1.42. The van der Waals surface area contributed by atoms with Gasteiger partial charge < -0.3 is 15.8 Å². The van der Waals surface area contributed by atoms with Crippen molar-refractivity contribution in [3.05, 3.63) is 0 Å². The molecule has 1 unspecified atom stereocenters. The normalized spacial score (nSPS) is 19.9. The smallest absolute Gasteiger partial charge is 0.211 e. The number of methoxy groups -OCH3 is 1. The topological polar surface area (TPSA) is 97.0 Å². The first kappa shape index (κ1) is 20.9. The van der Waals surface area contributed by atoms with Crippen LogP contribution in [0.5, 0.6) is 0 Å². The Kier molecular flexibility index (Phi) is 9.74. The van der Waals surface area contributed by atoms with Gasteiger partial charge in [-0.25, -0.2) is 12.7 Å². The van der Waals surface area contributed by atoms with E-state index in [1.54, 1.807) is 7.11 Å². The van der Waals surface area contributed by atoms with Crippen LogP contribution in [-0.2, 0) is 14.8 Å². The molecule has 0 amide bonds. The maximum atomic E-state index is 11.4. The average molecular weight is 434 g/mol. The van der Waals surface area contributed by atoms with E-state index in [0.717, 1.165) is 12.8 Å². The number of nitrogens with one attached hydrogen (secondary N) is 1. The van der Waals surface area contributed by atoms with E-state index >= 15 is 0 Å². The summed E-state index contributed by atoms with van der Waals surface area (Å²) in [5.41, 5.74) is 5.80. The number of sulfonamides is 1. The average Bonchev–Trinajstić information content (AvgIpc) is 2.36. The Hall–Kier alpha value is -0.130. The predicted octanol–water partition coefficient (Wildman–Crippen LogP) is 0.215. The lowest BCUT2D eigenvalue weighted by Crippen LogP contribution is -2.41. The summed E-state index contributed by atoms with van der Waals surface area (Å²) < 4.78 is 29.3. The van der Waals surface area contributed by atoms with Crippen LogP contribution in [0.3, 0.4) is 0 Å². The van der Waals surface area contributed by atoms with E-state index in [4.69, 9.17) is 10.5 Å². The fourth-order valence-electron chi connectivity index (χ4n) is 2.24. The molecule has 0 spiro atoms. The zero-order valence-corrected chi connectivity index (χ0v) is 16.1. The molecule has 21 heavy (non-hydrogen) atoms. The number of nitrogens with zero attached hydrogens (tertiary/aromatic N) is 2. The van der Waals surface area contributed by atoms with Gasteiger partial charge in [0.05, 0.1) is 12.9 Å². The highest BCUT2D eigenvalue weighted by Gasteiger charge is 2.24. The van der Waals surface area contributed by atoms with Crippen molar-refractivity contribution in [3.8, 4) is 0 Å². The van der Waals surface area contributed by atoms with Crippen molar-refractivity contribution in [2.45, 2.75) is 25.8 Å². The Bertz CT molecular complexity index is 422. The molecular formula is C12H27IN4O3S. The van der Waals surface area contributed by atoms with Crippen LogP contribution in [0, 0.1) is 5.92 Å². The van der Waals surface area contributed by atoms with E-state index in [0.29, 0.717) is 38.1 Å². The summed E-state index contributed by atoms with van der Waals surface area (Å²) in [4.78, 5) is 4.32. The standard InChI is InChI=1S/C12H26N4O3S.HI/c1-10(9-19-2)15-12(13)14-8-11-4-6-16(7-5-11)20(3,17)18;/h10-11H,4-9H2,1-3H3,(H3,13,14,15);1H. The molecule has 0 radical (unpaired) electrons. The van der Waals surface area contributed by atoms with Crippen LogP contribution in [0.1, 0.15) is 19.8 Å². The third-order valence-corrected chi connectivity index (χ3v) is 4.68. The minimum absolute atomic E-state index is 0. The zero-order valence-electron chi connectivity index (χ0n) is 12.9. The van der Waals surface area contributed by atoms with E-state index in [2.05, 4.69) is 10.3 Å². The summed E-state index contributed by atoms with van der Waals surface area (Å²) in [5, 5.41) is 3.05. The first-order valence-corrected chi connectivity index (χ1v) is 8.68. The number of ether oxygens (including phenoxy) is 1. The van der Waals surface area contributed by atoms with Crippen molar-refractivity contribution in [1.82, 2.24) is 9.62 Å². The van der Waals surface area contributed by atoms with Crippen LogP contribution in [0.4, 0.5) is 0 Å². The van der Waals surface area contributed by atoms with Crippen LogP contribution < -0.4 is 11.1 Å². The minimum atomic E-state index is -3.06. The Morgan fingerprint density at radius 2 is 2.05 bits per heavy atom. The van der Waals surface area contributed by atoms with E-state index in [-0.39, 0.29) is 30.0 Å². The quantitative estimate of drug-likeness (QED) is 0.354. The van der Waals surface area contributed by atoms with Gasteiger partial charge in [0.15, 0.2) is 5.96 Å². The molecule has 1 heterocycles. The van der Waals surface area contributed by atoms with Gasteiger partial charge in [0.2, 0.25) is 10.0 Å². The van der Waals surface area contributed by atoms with Crippen LogP contribution in [0.25, 0.3) is 0 Å². The van der Waals surface area contributed by atoms with Crippen LogP contribution in [0.2, 0.25) is 0 Å². The van der Waals surface area contributed by atoms with Gasteiger partial charge in [-0.05, 0) is 25.7 Å². The minimum Gasteiger partial charge on any atom is -0.383 e. The summed E-state index contributed by atoms with van der Waals surface area (Å²) >= 11 is 0. The fourth-order valence-corrected chi connectivity index (χ4v) is 3.11. The highest BCUT2D eigenvalue weighted by Crippen LogP contribution is 2.19. The molecule has 126 valence electrons. The number of hydrogen-bond acceptors (Lipinski definition) is 4. The molecule has 0 aromatic rings. The number of rotatable bonds is 6. The first-order chi connectivity index (χ1) is 9.32. The van der Waals surface area contributed by atoms with Crippen molar-refractivity contribution in [3.63, 3.8) is 0 Å². The summed E-state index contributed by atoms with van der Waals surface area (Å²) in [5.74, 6) is 0.811. The second-order valence-corrected chi connectivity index (χ2v) is 7.31. The lowest BCUT2D eigenvalue weighted by molar-refractivity contribution is 0.179. The number of hydrogen-bond donors (Lipinski definition) is 2. The fraction of sp³-hybridized carbons (Fsp3) is 0.917. The largest absolute Gasteiger partial charge is 0.383 e. The van der Waals surface area contributed by atoms with E-state index in [1.165, 1.54) is 10.6 Å². The number of guanidine groups is 1. The number of halogens is 1. The molecule has 0 aliphatic carbocycles. The van der Waals surface area contributed by atoms with Gasteiger partial charge >= 0.3 is 0 Å². The summed E-state index contributed by atoms with van der Waals surface area (Å²) in [6.07, 6.45) is 2.92.